The second-order valence-corrected chi connectivity index (χ2v) is 8.85. The monoisotopic (exact) mass is 456 g/mol. The lowest BCUT2D eigenvalue weighted by molar-refractivity contribution is -0.116. The first-order valence-electron chi connectivity index (χ1n) is 11.0. The van der Waals surface area contributed by atoms with Crippen LogP contribution in [0.15, 0.2) is 89.0 Å². The molecule has 1 N–H and O–H groups in total. The van der Waals surface area contributed by atoms with Crippen LogP contribution in [0.3, 0.4) is 0 Å². The van der Waals surface area contributed by atoms with Crippen molar-refractivity contribution >= 4 is 28.5 Å². The fourth-order valence-electron chi connectivity index (χ4n) is 3.81. The zero-order chi connectivity index (χ0) is 22.6. The summed E-state index contributed by atoms with van der Waals surface area (Å²) in [7, 11) is 0. The largest absolute Gasteiger partial charge is 0.489 e. The zero-order valence-corrected chi connectivity index (χ0v) is 19.1. The number of ether oxygens (including phenoxy) is 1. The third-order valence-electron chi connectivity index (χ3n) is 5.36. The van der Waals surface area contributed by atoms with Gasteiger partial charge < -0.3 is 4.74 Å². The van der Waals surface area contributed by atoms with Gasteiger partial charge in [-0.3, -0.25) is 15.1 Å². The quantitative estimate of drug-likeness (QED) is 0.616. The van der Waals surface area contributed by atoms with Gasteiger partial charge in [0.2, 0.25) is 0 Å². The molecule has 0 saturated heterocycles. The third kappa shape index (κ3) is 4.50. The Hall–Kier alpha value is -3.58. The summed E-state index contributed by atoms with van der Waals surface area (Å²) in [5.41, 5.74) is 2.53. The number of amides is 1. The molecule has 3 aromatic carbocycles. The molecule has 0 saturated carbocycles. The maximum absolute atomic E-state index is 13.1. The topological polar surface area (TPSA) is 66.3 Å². The van der Waals surface area contributed by atoms with E-state index in [1.54, 1.807) is 16.8 Å². The van der Waals surface area contributed by atoms with E-state index in [0.29, 0.717) is 17.5 Å². The van der Waals surface area contributed by atoms with E-state index in [1.807, 2.05) is 78.9 Å². The Labute approximate surface area is 196 Å². The van der Waals surface area contributed by atoms with Crippen LogP contribution in [0, 0.1) is 0 Å². The van der Waals surface area contributed by atoms with Gasteiger partial charge in [0, 0.05) is 16.5 Å². The Morgan fingerprint density at radius 3 is 2.70 bits per heavy atom. The lowest BCUT2D eigenvalue weighted by atomic mass is 10.1. The van der Waals surface area contributed by atoms with Crippen molar-refractivity contribution in [3.63, 3.8) is 0 Å². The van der Waals surface area contributed by atoms with Crippen molar-refractivity contribution in [2.24, 2.45) is 10.1 Å². The van der Waals surface area contributed by atoms with Gasteiger partial charge >= 0.3 is 0 Å². The minimum absolute atomic E-state index is 0.160. The number of fused-ring (bicyclic) bond motifs is 2. The Morgan fingerprint density at radius 1 is 1.03 bits per heavy atom. The van der Waals surface area contributed by atoms with E-state index in [4.69, 9.17) is 14.8 Å². The first-order valence-corrected chi connectivity index (χ1v) is 12.0. The summed E-state index contributed by atoms with van der Waals surface area (Å²) in [6.45, 7) is 2.58. The van der Waals surface area contributed by atoms with Crippen molar-refractivity contribution in [1.29, 1.82) is 0 Å². The second-order valence-electron chi connectivity index (χ2n) is 7.77. The second kappa shape index (κ2) is 9.50. The maximum Gasteiger partial charge on any atom is 0.276 e. The van der Waals surface area contributed by atoms with E-state index in [2.05, 4.69) is 12.2 Å². The number of nitrogens with zero attached hydrogens (tertiary/aromatic N) is 3. The molecule has 1 atom stereocenters. The highest BCUT2D eigenvalue weighted by molar-refractivity contribution is 8.13. The van der Waals surface area contributed by atoms with Crippen molar-refractivity contribution in [3.05, 3.63) is 101 Å². The van der Waals surface area contributed by atoms with Crippen LogP contribution in [0.5, 0.6) is 5.75 Å². The first-order chi connectivity index (χ1) is 16.2. The fraction of sp³-hybridized carbons (Fsp3) is 0.192. The number of para-hydroxylation sites is 1. The van der Waals surface area contributed by atoms with Crippen LogP contribution in [-0.4, -0.2) is 21.8 Å². The summed E-state index contributed by atoms with van der Waals surface area (Å²) < 4.78 is 6.04. The van der Waals surface area contributed by atoms with E-state index < -0.39 is 6.17 Å². The lowest BCUT2D eigenvalue weighted by Gasteiger charge is -2.34. The highest BCUT2D eigenvalue weighted by atomic mass is 32.2. The van der Waals surface area contributed by atoms with Gasteiger partial charge in [0.15, 0.2) is 11.3 Å². The van der Waals surface area contributed by atoms with Crippen LogP contribution in [0.1, 0.15) is 30.6 Å². The summed E-state index contributed by atoms with van der Waals surface area (Å²) >= 11 is 1.54. The van der Waals surface area contributed by atoms with E-state index in [9.17, 15) is 4.79 Å². The minimum atomic E-state index is -0.460. The lowest BCUT2D eigenvalue weighted by Crippen LogP contribution is -2.50. The van der Waals surface area contributed by atoms with Gasteiger partial charge in [0.1, 0.15) is 18.1 Å². The Balaban J connectivity index is 1.52. The molecule has 0 bridgehead atoms. The Kier molecular flexibility index (Phi) is 6.13. The number of rotatable bonds is 6. The molecule has 2 heterocycles. The van der Waals surface area contributed by atoms with Crippen LogP contribution in [-0.2, 0) is 11.4 Å². The molecule has 1 amide bonds. The SMILES string of the molecule is CCCSC1=NN2C(=c3ccccc3=N[C@@H]2c2cccc(OCc3ccccc3)c2)C(=O)N1. The molecule has 5 rings (SSSR count). The van der Waals surface area contributed by atoms with Crippen molar-refractivity contribution in [2.75, 3.05) is 5.75 Å². The zero-order valence-electron chi connectivity index (χ0n) is 18.3. The molecular formula is C26H24N4O2S. The molecule has 166 valence electrons. The molecule has 0 aromatic heterocycles. The summed E-state index contributed by atoms with van der Waals surface area (Å²) in [5, 5.41) is 11.6. The molecule has 0 spiro atoms. The number of carbonyl (C=O) groups excluding carboxylic acids is 1. The summed E-state index contributed by atoms with van der Waals surface area (Å²) in [6, 6.07) is 25.6. The van der Waals surface area contributed by atoms with Crippen LogP contribution in [0.4, 0.5) is 0 Å². The Morgan fingerprint density at radius 2 is 1.85 bits per heavy atom. The van der Waals surface area contributed by atoms with Crippen molar-refractivity contribution in [1.82, 2.24) is 10.3 Å². The molecule has 0 fully saturated rings. The van der Waals surface area contributed by atoms with Crippen molar-refractivity contribution < 1.29 is 9.53 Å². The molecule has 33 heavy (non-hydrogen) atoms. The van der Waals surface area contributed by atoms with Gasteiger partial charge in [-0.15, -0.1) is 5.10 Å². The highest BCUT2D eigenvalue weighted by Gasteiger charge is 2.34. The average Bonchev–Trinajstić information content (AvgIpc) is 2.86. The van der Waals surface area contributed by atoms with Crippen LogP contribution < -0.4 is 20.6 Å². The van der Waals surface area contributed by atoms with Crippen LogP contribution >= 0.6 is 11.8 Å². The summed E-state index contributed by atoms with van der Waals surface area (Å²) in [4.78, 5) is 18.1. The number of nitrogens with one attached hydrogen (secondary N) is 1. The van der Waals surface area contributed by atoms with Crippen LogP contribution in [0.2, 0.25) is 0 Å². The average molecular weight is 457 g/mol. The molecule has 0 aliphatic carbocycles. The van der Waals surface area contributed by atoms with Gasteiger partial charge in [-0.1, -0.05) is 79.3 Å². The van der Waals surface area contributed by atoms with E-state index in [-0.39, 0.29) is 5.91 Å². The summed E-state index contributed by atoms with van der Waals surface area (Å²) in [6.07, 6.45) is 0.534. The number of hydrogen-bond acceptors (Lipinski definition) is 6. The fourth-order valence-corrected chi connectivity index (χ4v) is 4.52. The van der Waals surface area contributed by atoms with Gasteiger partial charge in [0.25, 0.3) is 5.91 Å². The standard InChI is InChI=1S/C26H24N4O2S/c1-2-15-33-26-28-25(31)23-21-13-6-7-14-22(21)27-24(30(23)29-26)19-11-8-12-20(16-19)32-17-18-9-4-3-5-10-18/h3-14,16,24H,2,15,17H2,1H3,(H,28,29,31)/t24-/m0/s1. The van der Waals surface area contributed by atoms with Gasteiger partial charge in [-0.05, 0) is 30.2 Å². The van der Waals surface area contributed by atoms with E-state index >= 15 is 0 Å². The van der Waals surface area contributed by atoms with Crippen LogP contribution in [0.25, 0.3) is 5.70 Å². The van der Waals surface area contributed by atoms with E-state index in [1.165, 1.54) is 0 Å². The van der Waals surface area contributed by atoms with Gasteiger partial charge in [0.05, 0.1) is 5.36 Å². The maximum atomic E-state index is 13.1. The number of hydrazone groups is 1. The molecule has 7 heteroatoms. The molecule has 0 radical (unpaired) electrons. The predicted molar refractivity (Wildman–Crippen MR) is 131 cm³/mol. The molecule has 6 nitrogen and oxygen atoms in total. The molecule has 2 aliphatic heterocycles. The van der Waals surface area contributed by atoms with Crippen molar-refractivity contribution in [3.8, 4) is 5.75 Å². The van der Waals surface area contributed by atoms with E-state index in [0.717, 1.165) is 39.6 Å². The van der Waals surface area contributed by atoms with Gasteiger partial charge in [-0.2, -0.15) is 0 Å². The molecule has 3 aromatic rings. The van der Waals surface area contributed by atoms with Crippen molar-refractivity contribution in [2.45, 2.75) is 26.1 Å². The number of hydrogen-bond donors (Lipinski definition) is 1. The van der Waals surface area contributed by atoms with Gasteiger partial charge in [-0.25, -0.2) is 5.01 Å². The first kappa shape index (κ1) is 21.3. The Bertz CT molecular complexity index is 1320. The number of benzene rings is 3. The number of amidine groups is 1. The number of thioether (sulfide) groups is 1. The highest BCUT2D eigenvalue weighted by Crippen LogP contribution is 2.32. The number of carbonyl (C=O) groups is 1. The molecule has 2 aliphatic rings. The smallest absolute Gasteiger partial charge is 0.276 e. The predicted octanol–water partition coefficient (Wildman–Crippen LogP) is 3.55. The normalized spacial score (nSPS) is 16.8. The minimum Gasteiger partial charge on any atom is -0.489 e. The summed E-state index contributed by atoms with van der Waals surface area (Å²) in [5.74, 6) is 1.47. The third-order valence-corrected chi connectivity index (χ3v) is 6.43. The molecule has 0 unspecified atom stereocenters. The molecular weight excluding hydrogens is 432 g/mol.